The largest absolute Gasteiger partial charge is 1.00 e. The van der Waals surface area contributed by atoms with Crippen molar-refractivity contribution in [2.24, 2.45) is 0 Å². The van der Waals surface area contributed by atoms with Crippen LogP contribution in [-0.4, -0.2) is 25.9 Å². The van der Waals surface area contributed by atoms with Crippen molar-refractivity contribution in [2.75, 3.05) is 0 Å². The third-order valence-electron chi connectivity index (χ3n) is 2.03. The molecule has 0 bridgehead atoms. The van der Waals surface area contributed by atoms with Crippen LogP contribution in [0.25, 0.3) is 4.98 Å². The summed E-state index contributed by atoms with van der Waals surface area (Å²) in [5, 5.41) is 8.66. The Morgan fingerprint density at radius 2 is 1.68 bits per heavy atom. The Balaban J connectivity index is 0.00000324. The normalized spacial score (nSPS) is 11.5. The van der Waals surface area contributed by atoms with Crippen LogP contribution in [0.2, 0.25) is 0 Å². The Morgan fingerprint density at radius 1 is 1.21 bits per heavy atom. The lowest BCUT2D eigenvalue weighted by molar-refractivity contribution is -0.0000122. The maximum atomic E-state index is 11.1. The van der Waals surface area contributed by atoms with Crippen LogP contribution in [0.3, 0.4) is 0 Å². The molecule has 0 atom stereocenters. The van der Waals surface area contributed by atoms with Gasteiger partial charge in [0.1, 0.15) is 4.90 Å². The van der Waals surface area contributed by atoms with Crippen LogP contribution in [0.1, 0.15) is 5.56 Å². The van der Waals surface area contributed by atoms with Crippen molar-refractivity contribution in [3.05, 3.63) is 20.2 Å². The van der Waals surface area contributed by atoms with E-state index in [4.69, 9.17) is 14.5 Å². The summed E-state index contributed by atoms with van der Waals surface area (Å²) in [7, 11) is -9.30. The van der Waals surface area contributed by atoms with Crippen molar-refractivity contribution in [2.45, 2.75) is 16.7 Å². The Bertz CT molecular complexity index is 768. The van der Waals surface area contributed by atoms with Crippen molar-refractivity contribution in [1.29, 1.82) is 5.39 Å². The summed E-state index contributed by atoms with van der Waals surface area (Å²) in [6.07, 6.45) is 0. The zero-order valence-corrected chi connectivity index (χ0v) is 13.6. The van der Waals surface area contributed by atoms with Crippen molar-refractivity contribution < 1.29 is 38.3 Å². The van der Waals surface area contributed by atoms with Gasteiger partial charge in [0.2, 0.25) is 5.39 Å². The Kier molecular flexibility index (Phi) is 5.69. The third kappa shape index (κ3) is 3.74. The molecule has 0 unspecified atom stereocenters. The van der Waals surface area contributed by atoms with Crippen LogP contribution in [0, 0.1) is 15.9 Å². The molecule has 0 aromatic heterocycles. The van der Waals surface area contributed by atoms with E-state index in [2.05, 4.69) is 4.98 Å². The predicted molar refractivity (Wildman–Crippen MR) is 68.3 cm³/mol. The highest BCUT2D eigenvalue weighted by Gasteiger charge is 2.33. The van der Waals surface area contributed by atoms with Crippen LogP contribution in [-0.2, 0) is 20.2 Å². The highest BCUT2D eigenvalue weighted by Crippen LogP contribution is 2.35. The van der Waals surface area contributed by atoms with E-state index in [1.165, 1.54) is 29.5 Å². The molecule has 0 heterocycles. The molecule has 0 spiro atoms. The third-order valence-corrected chi connectivity index (χ3v) is 5.70. The Morgan fingerprint density at radius 3 is 2.00 bits per heavy atom. The summed E-state index contributed by atoms with van der Waals surface area (Å²) in [6, 6.07) is 0.646. The van der Waals surface area contributed by atoms with E-state index in [1.54, 1.807) is 0 Å². The number of hydrogen-bond donors (Lipinski definition) is 2. The van der Waals surface area contributed by atoms with Gasteiger partial charge in [-0.05, 0) is 35.1 Å². The van der Waals surface area contributed by atoms with Gasteiger partial charge in [-0.15, -0.1) is 0 Å². The average molecular weight is 441 g/mol. The summed E-state index contributed by atoms with van der Waals surface area (Å²) >= 11 is 1.49. The molecule has 0 aliphatic heterocycles. The minimum Gasteiger partial charge on any atom is -1.00 e. The molecular weight excluding hydrogens is 435 g/mol. The molecule has 12 heteroatoms. The molecule has 0 aliphatic rings. The topological polar surface area (TPSA) is 137 Å². The lowest BCUT2D eigenvalue weighted by atomic mass is 10.2. The van der Waals surface area contributed by atoms with Gasteiger partial charge in [-0.3, -0.25) is 9.11 Å². The summed E-state index contributed by atoms with van der Waals surface area (Å²) in [6.45, 7) is 1.20. The van der Waals surface area contributed by atoms with Gasteiger partial charge in [0, 0.05) is 3.57 Å². The molecule has 19 heavy (non-hydrogen) atoms. The molecule has 1 rings (SSSR count). The summed E-state index contributed by atoms with van der Waals surface area (Å²) in [5.74, 6) is 0. The van der Waals surface area contributed by atoms with Gasteiger partial charge < -0.3 is 12.4 Å². The van der Waals surface area contributed by atoms with Crippen LogP contribution in [0.5, 0.6) is 0 Å². The molecule has 0 amide bonds. The minimum absolute atomic E-state index is 0. The lowest BCUT2D eigenvalue weighted by Crippen LogP contribution is -3.00. The van der Waals surface area contributed by atoms with Crippen molar-refractivity contribution in [3.8, 4) is 0 Å². The van der Waals surface area contributed by atoms with Gasteiger partial charge in [0.15, 0.2) is 9.87 Å². The van der Waals surface area contributed by atoms with Gasteiger partial charge >= 0.3 is 15.8 Å². The monoisotopic (exact) mass is 440 g/mol. The van der Waals surface area contributed by atoms with Crippen LogP contribution in [0.15, 0.2) is 15.9 Å². The number of benzene rings is 1. The standard InChI is InChI=1S/C7H5IN2O6S2.ClH/c1-3-6(8)5(17(11,12)13)2-4(10-9)7(3)18(14,15)16;/h2H,1H3,(H-,11,12,13,14,15,16);1H. The van der Waals surface area contributed by atoms with Gasteiger partial charge in [-0.1, -0.05) is 0 Å². The molecule has 1 aromatic rings. The number of diazo groups is 1. The molecule has 8 nitrogen and oxygen atoms in total. The molecule has 0 saturated carbocycles. The van der Waals surface area contributed by atoms with E-state index in [1.807, 2.05) is 0 Å². The molecule has 0 radical (unpaired) electrons. The highest BCUT2D eigenvalue weighted by atomic mass is 127. The Labute approximate surface area is 128 Å². The maximum absolute atomic E-state index is 11.1. The Hall–Kier alpha value is -0.520. The zero-order chi connectivity index (χ0) is 14.3. The van der Waals surface area contributed by atoms with E-state index in [-0.39, 0.29) is 21.5 Å². The van der Waals surface area contributed by atoms with Gasteiger partial charge in [0.05, 0.1) is 6.07 Å². The fourth-order valence-corrected chi connectivity index (χ4v) is 4.25. The SMILES string of the molecule is Cc1c(I)c(S(=O)(=O)O)cc([N+]#N)c1S(=O)(=O)O.[Cl-]. The first-order valence-electron chi connectivity index (χ1n) is 4.13. The molecule has 0 saturated heterocycles. The fraction of sp³-hybridized carbons (Fsp3) is 0.143. The molecule has 106 valence electrons. The second-order valence-corrected chi connectivity index (χ2v) is 7.04. The first-order chi connectivity index (χ1) is 8.00. The summed E-state index contributed by atoms with van der Waals surface area (Å²) < 4.78 is 62.2. The summed E-state index contributed by atoms with van der Waals surface area (Å²) in [5.41, 5.74) is -0.830. The van der Waals surface area contributed by atoms with E-state index < -0.39 is 35.7 Å². The number of hydrogen-bond acceptors (Lipinski definition) is 5. The smallest absolute Gasteiger partial charge is 0.407 e. The van der Waals surface area contributed by atoms with Crippen LogP contribution >= 0.6 is 22.6 Å². The molecule has 1 aromatic carbocycles. The van der Waals surface area contributed by atoms with Crippen molar-refractivity contribution >= 4 is 48.5 Å². The number of rotatable bonds is 2. The molecule has 0 aliphatic carbocycles. The molecular formula is C7H6ClIN2O6S2. The second-order valence-electron chi connectivity index (χ2n) is 3.21. The summed E-state index contributed by atoms with van der Waals surface area (Å²) in [4.78, 5) is 1.26. The van der Waals surface area contributed by atoms with E-state index >= 15 is 0 Å². The van der Waals surface area contributed by atoms with Crippen LogP contribution in [0.4, 0.5) is 5.69 Å². The number of halogens is 2. The first-order valence-corrected chi connectivity index (χ1v) is 8.09. The first kappa shape index (κ1) is 18.5. The quantitative estimate of drug-likeness (QED) is 0.327. The average Bonchev–Trinajstić information content (AvgIpc) is 2.17. The molecule has 0 fully saturated rings. The van der Waals surface area contributed by atoms with Gasteiger partial charge in [0.25, 0.3) is 10.1 Å². The lowest BCUT2D eigenvalue weighted by Gasteiger charge is -2.06. The highest BCUT2D eigenvalue weighted by molar-refractivity contribution is 14.1. The van der Waals surface area contributed by atoms with Crippen LogP contribution < -0.4 is 12.4 Å². The van der Waals surface area contributed by atoms with Gasteiger partial charge in [-0.25, -0.2) is 0 Å². The van der Waals surface area contributed by atoms with Crippen molar-refractivity contribution in [1.82, 2.24) is 0 Å². The van der Waals surface area contributed by atoms with E-state index in [9.17, 15) is 16.8 Å². The van der Waals surface area contributed by atoms with E-state index in [0.717, 1.165) is 0 Å². The van der Waals surface area contributed by atoms with E-state index in [0.29, 0.717) is 6.07 Å². The molecule has 2 N–H and O–H groups in total. The zero-order valence-electron chi connectivity index (χ0n) is 9.07. The minimum atomic E-state index is -4.70. The van der Waals surface area contributed by atoms with Crippen molar-refractivity contribution in [3.63, 3.8) is 0 Å². The second kappa shape index (κ2) is 5.85. The fourth-order valence-electron chi connectivity index (χ4n) is 1.32. The van der Waals surface area contributed by atoms with Gasteiger partial charge in [-0.2, -0.15) is 16.8 Å². The number of nitrogens with zero attached hydrogens (tertiary/aromatic N) is 2. The maximum Gasteiger partial charge on any atom is 0.407 e. The predicted octanol–water partition coefficient (Wildman–Crippen LogP) is -1.42.